The minimum absolute atomic E-state index is 0.196. The Bertz CT molecular complexity index is 654. The highest BCUT2D eigenvalue weighted by Gasteiger charge is 2.26. The van der Waals surface area contributed by atoms with Gasteiger partial charge in [-0.25, -0.2) is 4.98 Å². The van der Waals surface area contributed by atoms with Gasteiger partial charge in [-0.15, -0.1) is 11.3 Å². The van der Waals surface area contributed by atoms with Gasteiger partial charge in [-0.3, -0.25) is 20.2 Å². The molecule has 0 bridgehead atoms. The summed E-state index contributed by atoms with van der Waals surface area (Å²) in [6.07, 6.45) is 0.929. The van der Waals surface area contributed by atoms with Gasteiger partial charge < -0.3 is 0 Å². The fourth-order valence-corrected chi connectivity index (χ4v) is 2.99. The first-order valence-electron chi connectivity index (χ1n) is 6.79. The number of thiazole rings is 1. The summed E-state index contributed by atoms with van der Waals surface area (Å²) in [6, 6.07) is 9.67. The van der Waals surface area contributed by atoms with Crippen molar-refractivity contribution < 1.29 is 9.59 Å². The number of hydrogen-bond donors (Lipinski definition) is 2. The molecule has 6 heteroatoms. The van der Waals surface area contributed by atoms with E-state index in [1.165, 1.54) is 0 Å². The molecule has 2 amide bonds. The molecule has 1 aromatic heterocycles. The van der Waals surface area contributed by atoms with Gasteiger partial charge in [0.2, 0.25) is 11.8 Å². The van der Waals surface area contributed by atoms with Gasteiger partial charge in [-0.2, -0.15) is 0 Å². The molecule has 21 heavy (non-hydrogen) atoms. The predicted octanol–water partition coefficient (Wildman–Crippen LogP) is 1.70. The first-order chi connectivity index (χ1) is 10.2. The minimum Gasteiger partial charge on any atom is -0.299 e. The van der Waals surface area contributed by atoms with Crippen LogP contribution in [0.1, 0.15) is 17.8 Å². The van der Waals surface area contributed by atoms with Crippen LogP contribution in [0.4, 0.5) is 0 Å². The largest absolute Gasteiger partial charge is 0.299 e. The lowest BCUT2D eigenvalue weighted by Gasteiger charge is -2.21. The fourth-order valence-electron chi connectivity index (χ4n) is 2.23. The molecule has 1 saturated heterocycles. The Morgan fingerprint density at radius 2 is 2.10 bits per heavy atom. The topological polar surface area (TPSA) is 71.1 Å². The summed E-state index contributed by atoms with van der Waals surface area (Å²) in [7, 11) is 0. The third kappa shape index (κ3) is 3.34. The number of aromatic nitrogens is 1. The average molecular weight is 301 g/mol. The molecule has 5 nitrogen and oxygen atoms in total. The van der Waals surface area contributed by atoms with Crippen molar-refractivity contribution in [2.24, 2.45) is 0 Å². The third-order valence-electron chi connectivity index (χ3n) is 3.36. The van der Waals surface area contributed by atoms with Gasteiger partial charge in [0, 0.05) is 23.9 Å². The number of carbonyl (C=O) groups is 2. The van der Waals surface area contributed by atoms with Crippen LogP contribution in [0.25, 0.3) is 11.3 Å². The van der Waals surface area contributed by atoms with E-state index in [2.05, 4.69) is 15.6 Å². The predicted molar refractivity (Wildman–Crippen MR) is 80.6 cm³/mol. The van der Waals surface area contributed by atoms with Crippen molar-refractivity contribution in [3.8, 4) is 11.3 Å². The van der Waals surface area contributed by atoms with Crippen molar-refractivity contribution in [3.63, 3.8) is 0 Å². The first-order valence-corrected chi connectivity index (χ1v) is 7.67. The Morgan fingerprint density at radius 1 is 1.29 bits per heavy atom. The number of rotatable bonds is 4. The second kappa shape index (κ2) is 6.15. The number of benzene rings is 1. The van der Waals surface area contributed by atoms with Crippen molar-refractivity contribution in [2.45, 2.75) is 25.4 Å². The van der Waals surface area contributed by atoms with Crippen LogP contribution in [0.3, 0.4) is 0 Å². The summed E-state index contributed by atoms with van der Waals surface area (Å²) >= 11 is 1.56. The van der Waals surface area contributed by atoms with Gasteiger partial charge in [-0.05, 0) is 6.42 Å². The van der Waals surface area contributed by atoms with Crippen LogP contribution in [0.15, 0.2) is 35.7 Å². The molecule has 1 aliphatic rings. The lowest BCUT2D eigenvalue weighted by atomic mass is 10.1. The highest BCUT2D eigenvalue weighted by molar-refractivity contribution is 7.09. The van der Waals surface area contributed by atoms with Crippen molar-refractivity contribution >= 4 is 23.2 Å². The van der Waals surface area contributed by atoms with Crippen molar-refractivity contribution in [2.75, 3.05) is 0 Å². The third-order valence-corrected chi connectivity index (χ3v) is 4.21. The van der Waals surface area contributed by atoms with Gasteiger partial charge in [0.25, 0.3) is 0 Å². The number of carbonyl (C=O) groups excluding carboxylic acids is 2. The highest BCUT2D eigenvalue weighted by Crippen LogP contribution is 2.21. The minimum atomic E-state index is -0.313. The fraction of sp³-hybridized carbons (Fsp3) is 0.267. The summed E-state index contributed by atoms with van der Waals surface area (Å²) in [5.41, 5.74) is 2.03. The lowest BCUT2D eigenvalue weighted by molar-refractivity contribution is -0.134. The van der Waals surface area contributed by atoms with Gasteiger partial charge >= 0.3 is 0 Å². The lowest BCUT2D eigenvalue weighted by Crippen LogP contribution is -2.50. The zero-order valence-corrected chi connectivity index (χ0v) is 12.2. The second-order valence-corrected chi connectivity index (χ2v) is 5.82. The molecular formula is C15H15N3O2S. The van der Waals surface area contributed by atoms with E-state index in [1.54, 1.807) is 11.3 Å². The molecular weight excluding hydrogens is 286 g/mol. The number of amides is 2. The van der Waals surface area contributed by atoms with Crippen LogP contribution in [-0.4, -0.2) is 22.8 Å². The summed E-state index contributed by atoms with van der Waals surface area (Å²) in [6.45, 7) is 0.532. The van der Waals surface area contributed by atoms with E-state index in [9.17, 15) is 9.59 Å². The Balaban J connectivity index is 1.60. The SMILES string of the molecule is O=C1CCC(NCc2nc(-c3ccccc3)cs2)C(=O)N1. The van der Waals surface area contributed by atoms with Crippen LogP contribution < -0.4 is 10.6 Å². The van der Waals surface area contributed by atoms with Crippen molar-refractivity contribution in [3.05, 3.63) is 40.7 Å². The quantitative estimate of drug-likeness (QED) is 0.843. The highest BCUT2D eigenvalue weighted by atomic mass is 32.1. The molecule has 0 aliphatic carbocycles. The van der Waals surface area contributed by atoms with E-state index in [1.807, 2.05) is 35.7 Å². The second-order valence-electron chi connectivity index (χ2n) is 4.88. The van der Waals surface area contributed by atoms with Gasteiger partial charge in [-0.1, -0.05) is 30.3 Å². The number of imide groups is 1. The molecule has 0 saturated carbocycles. The number of nitrogens with zero attached hydrogens (tertiary/aromatic N) is 1. The molecule has 2 N–H and O–H groups in total. The monoisotopic (exact) mass is 301 g/mol. The van der Waals surface area contributed by atoms with E-state index in [0.717, 1.165) is 16.3 Å². The Morgan fingerprint density at radius 3 is 2.86 bits per heavy atom. The molecule has 3 rings (SSSR count). The number of piperidine rings is 1. The summed E-state index contributed by atoms with van der Waals surface area (Å²) in [5.74, 6) is -0.440. The molecule has 2 aromatic rings. The molecule has 1 fully saturated rings. The summed E-state index contributed by atoms with van der Waals surface area (Å²) in [5, 5.41) is 8.44. The maximum Gasteiger partial charge on any atom is 0.243 e. The van der Waals surface area contributed by atoms with Gasteiger partial charge in [0.15, 0.2) is 0 Å². The van der Waals surface area contributed by atoms with E-state index in [4.69, 9.17) is 0 Å². The standard InChI is InChI=1S/C15H15N3O2S/c19-13-7-6-11(15(20)18-13)16-8-14-17-12(9-21-14)10-4-2-1-3-5-10/h1-5,9,11,16H,6-8H2,(H,18,19,20). The normalized spacial score (nSPS) is 18.6. The van der Waals surface area contributed by atoms with Crippen LogP contribution in [0, 0.1) is 0 Å². The number of hydrogen-bond acceptors (Lipinski definition) is 5. The van der Waals surface area contributed by atoms with E-state index < -0.39 is 0 Å². The molecule has 1 atom stereocenters. The van der Waals surface area contributed by atoms with Crippen LogP contribution >= 0.6 is 11.3 Å². The van der Waals surface area contributed by atoms with Crippen molar-refractivity contribution in [1.82, 2.24) is 15.6 Å². The molecule has 1 unspecified atom stereocenters. The van der Waals surface area contributed by atoms with Gasteiger partial charge in [0.05, 0.1) is 11.7 Å². The van der Waals surface area contributed by atoms with Crippen LogP contribution in [-0.2, 0) is 16.1 Å². The first kappa shape index (κ1) is 13.9. The van der Waals surface area contributed by atoms with E-state index in [0.29, 0.717) is 19.4 Å². The molecule has 0 spiro atoms. The molecule has 2 heterocycles. The van der Waals surface area contributed by atoms with Crippen molar-refractivity contribution in [1.29, 1.82) is 0 Å². The maximum atomic E-state index is 11.6. The smallest absolute Gasteiger partial charge is 0.243 e. The maximum absolute atomic E-state index is 11.6. The molecule has 1 aromatic carbocycles. The summed E-state index contributed by atoms with van der Waals surface area (Å²) < 4.78 is 0. The van der Waals surface area contributed by atoms with E-state index >= 15 is 0 Å². The van der Waals surface area contributed by atoms with Crippen LogP contribution in [0.2, 0.25) is 0 Å². The molecule has 1 aliphatic heterocycles. The molecule has 108 valence electrons. The zero-order valence-electron chi connectivity index (χ0n) is 11.3. The Hall–Kier alpha value is -2.05. The van der Waals surface area contributed by atoms with Crippen LogP contribution in [0.5, 0.6) is 0 Å². The van der Waals surface area contributed by atoms with Gasteiger partial charge in [0.1, 0.15) is 5.01 Å². The Labute approximate surface area is 126 Å². The zero-order chi connectivity index (χ0) is 14.7. The van der Waals surface area contributed by atoms with E-state index in [-0.39, 0.29) is 17.9 Å². The Kier molecular flexibility index (Phi) is 4.08. The summed E-state index contributed by atoms with van der Waals surface area (Å²) in [4.78, 5) is 27.3. The molecule has 0 radical (unpaired) electrons. The average Bonchev–Trinajstić information content (AvgIpc) is 2.96. The number of nitrogens with one attached hydrogen (secondary N) is 2.